The predicted molar refractivity (Wildman–Crippen MR) is 73.8 cm³/mol. The third-order valence-corrected chi connectivity index (χ3v) is 2.46. The van der Waals surface area contributed by atoms with Crippen LogP contribution >= 0.6 is 15.9 Å². The van der Waals surface area contributed by atoms with Crippen LogP contribution in [-0.2, 0) is 11.2 Å². The third-order valence-electron chi connectivity index (χ3n) is 2.06. The van der Waals surface area contributed by atoms with E-state index in [1.807, 2.05) is 0 Å². The van der Waals surface area contributed by atoms with E-state index in [1.165, 1.54) is 6.07 Å². The summed E-state index contributed by atoms with van der Waals surface area (Å²) in [5, 5.41) is 3.19. The highest BCUT2D eigenvalue weighted by atomic mass is 79.9. The van der Waals surface area contributed by atoms with Crippen LogP contribution in [0.25, 0.3) is 0 Å². The van der Waals surface area contributed by atoms with Crippen LogP contribution in [-0.4, -0.2) is 17.0 Å². The van der Waals surface area contributed by atoms with Gasteiger partial charge in [-0.1, -0.05) is 22.0 Å². The Bertz CT molecular complexity index is 429. The molecule has 1 N–H and O–H groups in total. The lowest BCUT2D eigenvalue weighted by Gasteiger charge is -2.19. The topological polar surface area (TPSA) is 38.3 Å². The number of aryl methyl sites for hydroxylation is 1. The van der Waals surface area contributed by atoms with Gasteiger partial charge in [-0.3, -0.25) is 5.32 Å². The molecule has 0 fully saturated rings. The molecule has 1 aromatic carbocycles. The lowest BCUT2D eigenvalue weighted by atomic mass is 10.1. The van der Waals surface area contributed by atoms with Gasteiger partial charge in [0.2, 0.25) is 0 Å². The lowest BCUT2D eigenvalue weighted by molar-refractivity contribution is 0.0636. The number of halogens is 2. The molecule has 0 aliphatic carbocycles. The summed E-state index contributed by atoms with van der Waals surface area (Å²) in [6.45, 7) is 5.31. The van der Waals surface area contributed by atoms with Crippen molar-refractivity contribution >= 4 is 27.7 Å². The van der Waals surface area contributed by atoms with Crippen LogP contribution in [0.4, 0.5) is 14.9 Å². The molecule has 0 spiro atoms. The molecule has 0 aliphatic heterocycles. The van der Waals surface area contributed by atoms with Gasteiger partial charge >= 0.3 is 6.09 Å². The Labute approximate surface area is 115 Å². The molecule has 3 nitrogen and oxygen atoms in total. The number of nitrogens with one attached hydrogen (secondary N) is 1. The van der Waals surface area contributed by atoms with E-state index in [0.717, 1.165) is 0 Å². The van der Waals surface area contributed by atoms with Crippen molar-refractivity contribution in [2.24, 2.45) is 0 Å². The first kappa shape index (κ1) is 15.0. The Balaban J connectivity index is 2.69. The zero-order valence-electron chi connectivity index (χ0n) is 10.7. The van der Waals surface area contributed by atoms with Gasteiger partial charge < -0.3 is 4.74 Å². The van der Waals surface area contributed by atoms with Gasteiger partial charge in [0.05, 0.1) is 0 Å². The normalized spacial score (nSPS) is 11.2. The maximum absolute atomic E-state index is 13.6. The Hall–Kier alpha value is -1.10. The summed E-state index contributed by atoms with van der Waals surface area (Å²) in [4.78, 5) is 11.5. The monoisotopic (exact) mass is 317 g/mol. The molecular formula is C13H17BrFNO2. The molecule has 0 saturated carbocycles. The number of ether oxygens (including phenoxy) is 1. The second-order valence-corrected chi connectivity index (χ2v) is 5.67. The number of carbonyl (C=O) groups is 1. The number of anilines is 1. The van der Waals surface area contributed by atoms with E-state index in [0.29, 0.717) is 23.0 Å². The van der Waals surface area contributed by atoms with E-state index in [4.69, 9.17) is 4.74 Å². The van der Waals surface area contributed by atoms with E-state index < -0.39 is 11.7 Å². The van der Waals surface area contributed by atoms with Crippen LogP contribution in [0.2, 0.25) is 0 Å². The van der Waals surface area contributed by atoms with Gasteiger partial charge in [0.25, 0.3) is 0 Å². The minimum Gasteiger partial charge on any atom is -0.444 e. The number of alkyl halides is 1. The highest BCUT2D eigenvalue weighted by Gasteiger charge is 2.16. The SMILES string of the molecule is CC(C)(C)OC(=O)Nc1ccc(CCBr)c(F)c1. The van der Waals surface area contributed by atoms with Crippen LogP contribution in [0, 0.1) is 5.82 Å². The average Bonchev–Trinajstić information content (AvgIpc) is 2.19. The zero-order chi connectivity index (χ0) is 13.8. The van der Waals surface area contributed by atoms with Crippen LogP contribution in [0.3, 0.4) is 0 Å². The largest absolute Gasteiger partial charge is 0.444 e. The van der Waals surface area contributed by atoms with Crippen molar-refractivity contribution in [1.82, 2.24) is 0 Å². The maximum Gasteiger partial charge on any atom is 0.412 e. The smallest absolute Gasteiger partial charge is 0.412 e. The quantitative estimate of drug-likeness (QED) is 0.852. The molecule has 0 aliphatic rings. The summed E-state index contributed by atoms with van der Waals surface area (Å²) in [5.74, 6) is -0.331. The van der Waals surface area contributed by atoms with Crippen LogP contribution in [0.15, 0.2) is 18.2 Å². The van der Waals surface area contributed by atoms with E-state index >= 15 is 0 Å². The summed E-state index contributed by atoms with van der Waals surface area (Å²) < 4.78 is 18.7. The minimum absolute atomic E-state index is 0.331. The molecule has 1 amide bonds. The maximum atomic E-state index is 13.6. The number of carbonyl (C=O) groups excluding carboxylic acids is 1. The predicted octanol–water partition coefficient (Wildman–Crippen LogP) is 4.11. The van der Waals surface area contributed by atoms with Crippen molar-refractivity contribution in [3.8, 4) is 0 Å². The third kappa shape index (κ3) is 5.04. The number of amides is 1. The first-order valence-corrected chi connectivity index (χ1v) is 6.78. The second-order valence-electron chi connectivity index (χ2n) is 4.87. The van der Waals surface area contributed by atoms with Crippen molar-refractivity contribution in [1.29, 1.82) is 0 Å². The van der Waals surface area contributed by atoms with Crippen molar-refractivity contribution in [2.45, 2.75) is 32.8 Å². The van der Waals surface area contributed by atoms with Gasteiger partial charge in [0.1, 0.15) is 11.4 Å². The zero-order valence-corrected chi connectivity index (χ0v) is 12.3. The molecule has 1 rings (SSSR count). The summed E-state index contributed by atoms with van der Waals surface area (Å²) in [7, 11) is 0. The van der Waals surface area contributed by atoms with Gasteiger partial charge in [0, 0.05) is 11.0 Å². The minimum atomic E-state index is -0.588. The number of benzene rings is 1. The molecule has 1 aromatic rings. The molecule has 0 saturated heterocycles. The molecule has 18 heavy (non-hydrogen) atoms. The van der Waals surface area contributed by atoms with Crippen LogP contribution in [0.5, 0.6) is 0 Å². The molecule has 5 heteroatoms. The Morgan fingerprint density at radius 1 is 1.44 bits per heavy atom. The van der Waals surface area contributed by atoms with Crippen molar-refractivity contribution in [2.75, 3.05) is 10.6 Å². The standard InChI is InChI=1S/C13H17BrFNO2/c1-13(2,3)18-12(17)16-10-5-4-9(6-7-14)11(15)8-10/h4-5,8H,6-7H2,1-3H3,(H,16,17). The van der Waals surface area contributed by atoms with E-state index in [9.17, 15) is 9.18 Å². The average molecular weight is 318 g/mol. The van der Waals surface area contributed by atoms with Crippen molar-refractivity contribution < 1.29 is 13.9 Å². The van der Waals surface area contributed by atoms with Gasteiger partial charge in [0.15, 0.2) is 0 Å². The fraction of sp³-hybridized carbons (Fsp3) is 0.462. The first-order chi connectivity index (χ1) is 8.31. The fourth-order valence-electron chi connectivity index (χ4n) is 1.35. The molecular weight excluding hydrogens is 301 g/mol. The Kier molecular flexibility index (Phi) is 5.14. The van der Waals surface area contributed by atoms with Gasteiger partial charge in [-0.2, -0.15) is 0 Å². The fourth-order valence-corrected chi connectivity index (χ4v) is 1.78. The Morgan fingerprint density at radius 3 is 2.61 bits per heavy atom. The van der Waals surface area contributed by atoms with Crippen LogP contribution in [0.1, 0.15) is 26.3 Å². The summed E-state index contributed by atoms with van der Waals surface area (Å²) in [6, 6.07) is 4.61. The van der Waals surface area contributed by atoms with Gasteiger partial charge in [-0.05, 0) is 44.9 Å². The van der Waals surface area contributed by atoms with E-state index in [-0.39, 0.29) is 5.82 Å². The van der Waals surface area contributed by atoms with Crippen molar-refractivity contribution in [3.63, 3.8) is 0 Å². The molecule has 0 atom stereocenters. The van der Waals surface area contributed by atoms with Gasteiger partial charge in [-0.25, -0.2) is 9.18 Å². The molecule has 100 valence electrons. The summed E-state index contributed by atoms with van der Waals surface area (Å²) in [6.07, 6.45) is 0.0218. The summed E-state index contributed by atoms with van der Waals surface area (Å²) in [5.41, 5.74) is 0.431. The molecule has 0 unspecified atom stereocenters. The van der Waals surface area contributed by atoms with Crippen LogP contribution < -0.4 is 5.32 Å². The molecule has 0 heterocycles. The lowest BCUT2D eigenvalue weighted by Crippen LogP contribution is -2.27. The molecule has 0 radical (unpaired) electrons. The van der Waals surface area contributed by atoms with E-state index in [1.54, 1.807) is 32.9 Å². The molecule has 0 bridgehead atoms. The highest BCUT2D eigenvalue weighted by molar-refractivity contribution is 9.09. The molecule has 0 aromatic heterocycles. The van der Waals surface area contributed by atoms with E-state index in [2.05, 4.69) is 21.2 Å². The first-order valence-electron chi connectivity index (χ1n) is 5.66. The number of rotatable bonds is 3. The van der Waals surface area contributed by atoms with Gasteiger partial charge in [-0.15, -0.1) is 0 Å². The van der Waals surface area contributed by atoms with Crippen molar-refractivity contribution in [3.05, 3.63) is 29.6 Å². The Morgan fingerprint density at radius 2 is 2.11 bits per heavy atom. The highest BCUT2D eigenvalue weighted by Crippen LogP contribution is 2.17. The second kappa shape index (κ2) is 6.18. The number of hydrogen-bond acceptors (Lipinski definition) is 2. The summed E-state index contributed by atoms with van der Waals surface area (Å²) >= 11 is 3.26. The number of hydrogen-bond donors (Lipinski definition) is 1.